The van der Waals surface area contributed by atoms with E-state index in [4.69, 9.17) is 16.3 Å². The molecule has 0 aliphatic heterocycles. The van der Waals surface area contributed by atoms with Gasteiger partial charge >= 0.3 is 0 Å². The predicted molar refractivity (Wildman–Crippen MR) is 84.0 cm³/mol. The summed E-state index contributed by atoms with van der Waals surface area (Å²) in [6.07, 6.45) is 0. The van der Waals surface area contributed by atoms with Gasteiger partial charge in [-0.1, -0.05) is 23.4 Å². The molecule has 0 spiro atoms. The van der Waals surface area contributed by atoms with E-state index in [9.17, 15) is 0 Å². The monoisotopic (exact) mass is 320 g/mol. The van der Waals surface area contributed by atoms with Crippen LogP contribution in [0.15, 0.2) is 29.4 Å². The van der Waals surface area contributed by atoms with E-state index in [0.717, 1.165) is 27.6 Å². The first-order valence-electron chi connectivity index (χ1n) is 6.30. The molecular formula is C14H13ClN4OS. The van der Waals surface area contributed by atoms with E-state index in [2.05, 4.69) is 19.9 Å². The largest absolute Gasteiger partial charge is 0.497 e. The van der Waals surface area contributed by atoms with Crippen LogP contribution in [0.5, 0.6) is 5.75 Å². The number of methoxy groups -OCH3 is 1. The summed E-state index contributed by atoms with van der Waals surface area (Å²) < 4.78 is 5.20. The molecule has 0 amide bonds. The van der Waals surface area contributed by atoms with Gasteiger partial charge in [0.15, 0.2) is 5.16 Å². The topological polar surface area (TPSA) is 63.7 Å². The van der Waals surface area contributed by atoms with Gasteiger partial charge in [-0.05, 0) is 25.1 Å². The molecule has 0 saturated heterocycles. The summed E-state index contributed by atoms with van der Waals surface area (Å²) in [5, 5.41) is 1.28. The third-order valence-electron chi connectivity index (χ3n) is 2.87. The van der Waals surface area contributed by atoms with Gasteiger partial charge in [-0.25, -0.2) is 15.0 Å². The van der Waals surface area contributed by atoms with Gasteiger partial charge < -0.3 is 9.72 Å². The zero-order valence-electron chi connectivity index (χ0n) is 11.6. The lowest BCUT2D eigenvalue weighted by Gasteiger charge is -2.00. The fraction of sp³-hybridized carbons (Fsp3) is 0.214. The Bertz CT molecular complexity index is 769. The van der Waals surface area contributed by atoms with Gasteiger partial charge in [0.25, 0.3) is 0 Å². The number of nitrogens with zero attached hydrogens (tertiary/aromatic N) is 3. The molecule has 0 aliphatic rings. The van der Waals surface area contributed by atoms with Crippen molar-refractivity contribution in [3.05, 3.63) is 40.9 Å². The second-order valence-corrected chi connectivity index (χ2v) is 5.81. The Morgan fingerprint density at radius 2 is 2.10 bits per heavy atom. The average molecular weight is 321 g/mol. The molecule has 21 heavy (non-hydrogen) atoms. The van der Waals surface area contributed by atoms with Crippen LogP contribution in [0.1, 0.15) is 11.5 Å². The van der Waals surface area contributed by atoms with E-state index in [0.29, 0.717) is 16.7 Å². The Morgan fingerprint density at radius 3 is 2.86 bits per heavy atom. The van der Waals surface area contributed by atoms with E-state index in [1.807, 2.05) is 25.1 Å². The Balaban J connectivity index is 1.78. The van der Waals surface area contributed by atoms with Crippen LogP contribution in [0.3, 0.4) is 0 Å². The van der Waals surface area contributed by atoms with Crippen LogP contribution >= 0.6 is 23.4 Å². The molecule has 3 rings (SSSR count). The zero-order valence-corrected chi connectivity index (χ0v) is 13.1. The molecule has 1 N–H and O–H groups in total. The third-order valence-corrected chi connectivity index (χ3v) is 3.94. The molecule has 0 saturated carbocycles. The number of hydrogen-bond acceptors (Lipinski definition) is 5. The van der Waals surface area contributed by atoms with Crippen LogP contribution < -0.4 is 4.74 Å². The highest BCUT2D eigenvalue weighted by Crippen LogP contribution is 2.25. The van der Waals surface area contributed by atoms with E-state index in [1.165, 1.54) is 11.8 Å². The minimum atomic E-state index is 0.465. The lowest BCUT2D eigenvalue weighted by Crippen LogP contribution is -1.95. The van der Waals surface area contributed by atoms with Crippen molar-refractivity contribution in [1.82, 2.24) is 19.9 Å². The summed E-state index contributed by atoms with van der Waals surface area (Å²) in [4.78, 5) is 16.3. The number of halogens is 1. The number of ether oxygens (including phenoxy) is 1. The molecule has 0 radical (unpaired) electrons. The fourth-order valence-corrected chi connectivity index (χ4v) is 2.94. The van der Waals surface area contributed by atoms with Gasteiger partial charge in [-0.3, -0.25) is 0 Å². The van der Waals surface area contributed by atoms with Crippen LogP contribution in [0.4, 0.5) is 0 Å². The quantitative estimate of drug-likeness (QED) is 0.587. The lowest BCUT2D eigenvalue weighted by atomic mass is 10.3. The Labute approximate surface area is 131 Å². The molecule has 0 fully saturated rings. The molecule has 2 aromatic heterocycles. The van der Waals surface area contributed by atoms with Crippen molar-refractivity contribution in [3.63, 3.8) is 0 Å². The average Bonchev–Trinajstić information content (AvgIpc) is 2.85. The summed E-state index contributed by atoms with van der Waals surface area (Å²) in [6.45, 7) is 1.90. The molecule has 7 heteroatoms. The number of nitrogens with one attached hydrogen (secondary N) is 1. The van der Waals surface area contributed by atoms with E-state index in [-0.39, 0.29) is 0 Å². The van der Waals surface area contributed by atoms with Crippen molar-refractivity contribution in [3.8, 4) is 5.75 Å². The number of hydrogen-bond donors (Lipinski definition) is 1. The van der Waals surface area contributed by atoms with Gasteiger partial charge in [0.05, 0.1) is 23.9 Å². The second kappa shape index (κ2) is 5.91. The van der Waals surface area contributed by atoms with Crippen LogP contribution in [-0.4, -0.2) is 27.0 Å². The van der Waals surface area contributed by atoms with Crippen molar-refractivity contribution < 1.29 is 4.74 Å². The molecule has 1 aromatic carbocycles. The minimum Gasteiger partial charge on any atom is -0.497 e. The number of H-pyrrole nitrogens is 1. The molecule has 0 atom stereocenters. The van der Waals surface area contributed by atoms with Crippen LogP contribution in [0.25, 0.3) is 11.0 Å². The molecule has 3 aromatic rings. The standard InChI is InChI=1S/C14H13ClN4OS/c1-8-5-12(15)19-13(16-8)7-21-14-17-10-4-3-9(20-2)6-11(10)18-14/h3-6H,7H2,1-2H3,(H,17,18). The Morgan fingerprint density at radius 1 is 1.24 bits per heavy atom. The maximum Gasteiger partial charge on any atom is 0.166 e. The van der Waals surface area contributed by atoms with Crippen LogP contribution in [0.2, 0.25) is 5.15 Å². The molecule has 108 valence electrons. The van der Waals surface area contributed by atoms with E-state index in [1.54, 1.807) is 13.2 Å². The molecule has 5 nitrogen and oxygen atoms in total. The van der Waals surface area contributed by atoms with Crippen molar-refractivity contribution in [2.75, 3.05) is 7.11 Å². The smallest absolute Gasteiger partial charge is 0.166 e. The van der Waals surface area contributed by atoms with Crippen molar-refractivity contribution in [1.29, 1.82) is 0 Å². The fourth-order valence-electron chi connectivity index (χ4n) is 1.95. The highest BCUT2D eigenvalue weighted by molar-refractivity contribution is 7.98. The second-order valence-electron chi connectivity index (χ2n) is 4.46. The van der Waals surface area contributed by atoms with Gasteiger partial charge in [0.2, 0.25) is 0 Å². The number of aromatic nitrogens is 4. The Hall–Kier alpha value is -1.79. The highest BCUT2D eigenvalue weighted by atomic mass is 35.5. The molecule has 0 bridgehead atoms. The molecular weight excluding hydrogens is 308 g/mol. The van der Waals surface area contributed by atoms with Crippen molar-refractivity contribution in [2.24, 2.45) is 0 Å². The number of benzene rings is 1. The van der Waals surface area contributed by atoms with Crippen molar-refractivity contribution in [2.45, 2.75) is 17.8 Å². The van der Waals surface area contributed by atoms with Crippen LogP contribution in [0, 0.1) is 6.92 Å². The highest BCUT2D eigenvalue weighted by Gasteiger charge is 2.07. The molecule has 0 unspecified atom stereocenters. The van der Waals surface area contributed by atoms with Gasteiger partial charge in [0.1, 0.15) is 16.7 Å². The summed E-state index contributed by atoms with van der Waals surface area (Å²) in [6, 6.07) is 7.48. The van der Waals surface area contributed by atoms with Crippen LogP contribution in [-0.2, 0) is 5.75 Å². The summed E-state index contributed by atoms with van der Waals surface area (Å²) in [5.41, 5.74) is 2.71. The van der Waals surface area contributed by atoms with Crippen molar-refractivity contribution >= 4 is 34.4 Å². The molecule has 2 heterocycles. The van der Waals surface area contributed by atoms with E-state index >= 15 is 0 Å². The first-order valence-corrected chi connectivity index (χ1v) is 7.67. The maximum absolute atomic E-state index is 5.93. The number of aromatic amines is 1. The SMILES string of the molecule is COc1ccc2nc(SCc3nc(C)cc(Cl)n3)[nH]c2c1. The van der Waals surface area contributed by atoms with E-state index < -0.39 is 0 Å². The lowest BCUT2D eigenvalue weighted by molar-refractivity contribution is 0.415. The number of rotatable bonds is 4. The van der Waals surface area contributed by atoms with Gasteiger partial charge in [-0.15, -0.1) is 0 Å². The maximum atomic E-state index is 5.93. The Kier molecular flexibility index (Phi) is 3.98. The number of thioether (sulfide) groups is 1. The normalized spacial score (nSPS) is 11.0. The number of fused-ring (bicyclic) bond motifs is 1. The zero-order chi connectivity index (χ0) is 14.8. The minimum absolute atomic E-state index is 0.465. The third kappa shape index (κ3) is 3.28. The summed E-state index contributed by atoms with van der Waals surface area (Å²) >= 11 is 7.47. The summed E-state index contributed by atoms with van der Waals surface area (Å²) in [7, 11) is 1.64. The number of imidazole rings is 1. The van der Waals surface area contributed by atoms with Gasteiger partial charge in [-0.2, -0.15) is 0 Å². The predicted octanol–water partition coefficient (Wildman–Crippen LogP) is 3.62. The molecule has 0 aliphatic carbocycles. The first-order chi connectivity index (χ1) is 10.1. The number of aryl methyl sites for hydroxylation is 1. The first kappa shape index (κ1) is 14.2. The van der Waals surface area contributed by atoms with Gasteiger partial charge in [0, 0.05) is 11.8 Å². The summed E-state index contributed by atoms with van der Waals surface area (Å²) in [5.74, 6) is 2.11.